The number of benzene rings is 1. The lowest BCUT2D eigenvalue weighted by atomic mass is 9.91. The molecule has 1 aliphatic heterocycles. The van der Waals surface area contributed by atoms with Crippen LogP contribution in [0.5, 0.6) is 5.75 Å². The standard InChI is InChI=1S/C16H19NO3/c18-16(19)12-4-2-6-14(9-12)17-10-13-5-1-3-11-7-8-20-15(11)13/h1-3,5-6,12,14,17H,4,7-10H2,(H,18,19)/t12-,14-/m1/s1. The van der Waals surface area contributed by atoms with Gasteiger partial charge in [0.2, 0.25) is 0 Å². The van der Waals surface area contributed by atoms with Gasteiger partial charge in [0.25, 0.3) is 0 Å². The third-order valence-corrected chi connectivity index (χ3v) is 4.03. The van der Waals surface area contributed by atoms with Gasteiger partial charge in [-0.05, 0) is 18.4 Å². The molecule has 0 spiro atoms. The van der Waals surface area contributed by atoms with Crippen molar-refractivity contribution in [3.05, 3.63) is 41.5 Å². The maximum Gasteiger partial charge on any atom is 0.306 e. The number of fused-ring (bicyclic) bond motifs is 1. The summed E-state index contributed by atoms with van der Waals surface area (Å²) in [4.78, 5) is 11.0. The van der Waals surface area contributed by atoms with Gasteiger partial charge in [-0.1, -0.05) is 30.4 Å². The van der Waals surface area contributed by atoms with E-state index < -0.39 is 5.97 Å². The molecule has 2 N–H and O–H groups in total. The normalized spacial score (nSPS) is 24.2. The van der Waals surface area contributed by atoms with Crippen molar-refractivity contribution in [2.45, 2.75) is 31.8 Å². The molecule has 106 valence electrons. The second-order valence-corrected chi connectivity index (χ2v) is 5.43. The summed E-state index contributed by atoms with van der Waals surface area (Å²) in [6.07, 6.45) is 6.31. The van der Waals surface area contributed by atoms with Crippen molar-refractivity contribution in [3.63, 3.8) is 0 Å². The monoisotopic (exact) mass is 273 g/mol. The zero-order valence-corrected chi connectivity index (χ0v) is 11.3. The zero-order chi connectivity index (χ0) is 13.9. The van der Waals surface area contributed by atoms with Gasteiger partial charge >= 0.3 is 5.97 Å². The van der Waals surface area contributed by atoms with E-state index in [0.717, 1.165) is 24.3 Å². The SMILES string of the molecule is O=C(O)[C@@H]1CC=C[C@@H](NCc2cccc3c2OCC3)C1. The maximum atomic E-state index is 11.0. The van der Waals surface area contributed by atoms with Crippen LogP contribution in [0.4, 0.5) is 0 Å². The van der Waals surface area contributed by atoms with Crippen molar-refractivity contribution in [3.8, 4) is 5.75 Å². The summed E-state index contributed by atoms with van der Waals surface area (Å²) in [5.41, 5.74) is 2.43. The van der Waals surface area contributed by atoms with Crippen LogP contribution >= 0.6 is 0 Å². The van der Waals surface area contributed by atoms with E-state index >= 15 is 0 Å². The topological polar surface area (TPSA) is 58.6 Å². The Bertz CT molecular complexity index is 539. The van der Waals surface area contributed by atoms with Crippen LogP contribution in [0.25, 0.3) is 0 Å². The van der Waals surface area contributed by atoms with Crippen LogP contribution in [0.2, 0.25) is 0 Å². The number of allylic oxidation sites excluding steroid dienone is 1. The van der Waals surface area contributed by atoms with E-state index in [1.54, 1.807) is 0 Å². The van der Waals surface area contributed by atoms with Crippen LogP contribution in [-0.4, -0.2) is 23.7 Å². The van der Waals surface area contributed by atoms with Crippen LogP contribution in [-0.2, 0) is 17.8 Å². The molecule has 0 saturated heterocycles. The summed E-state index contributed by atoms with van der Waals surface area (Å²) >= 11 is 0. The molecule has 0 saturated carbocycles. The van der Waals surface area contributed by atoms with Gasteiger partial charge in [0.1, 0.15) is 5.75 Å². The number of hydrogen-bond donors (Lipinski definition) is 2. The van der Waals surface area contributed by atoms with Crippen LogP contribution < -0.4 is 10.1 Å². The first-order valence-corrected chi connectivity index (χ1v) is 7.10. The van der Waals surface area contributed by atoms with Crippen molar-refractivity contribution >= 4 is 5.97 Å². The fraction of sp³-hybridized carbons (Fsp3) is 0.438. The lowest BCUT2D eigenvalue weighted by Crippen LogP contribution is -2.33. The number of carboxylic acids is 1. The molecule has 1 aliphatic carbocycles. The average molecular weight is 273 g/mol. The summed E-state index contributed by atoms with van der Waals surface area (Å²) in [5.74, 6) is 0.0369. The van der Waals surface area contributed by atoms with Gasteiger partial charge in [-0.2, -0.15) is 0 Å². The molecule has 20 heavy (non-hydrogen) atoms. The minimum atomic E-state index is -0.704. The minimum Gasteiger partial charge on any atom is -0.493 e. The Kier molecular flexibility index (Phi) is 3.74. The summed E-state index contributed by atoms with van der Waals surface area (Å²) < 4.78 is 5.68. The molecule has 1 aromatic rings. The number of ether oxygens (including phenoxy) is 1. The molecule has 0 unspecified atom stereocenters. The number of para-hydroxylation sites is 1. The van der Waals surface area contributed by atoms with Crippen molar-refractivity contribution in [1.29, 1.82) is 0 Å². The lowest BCUT2D eigenvalue weighted by molar-refractivity contribution is -0.142. The lowest BCUT2D eigenvalue weighted by Gasteiger charge is -2.23. The zero-order valence-electron chi connectivity index (χ0n) is 11.3. The first-order chi connectivity index (χ1) is 9.74. The summed E-state index contributed by atoms with van der Waals surface area (Å²) in [6.45, 7) is 1.47. The van der Waals surface area contributed by atoms with Crippen LogP contribution in [0.1, 0.15) is 24.0 Å². The number of aliphatic carboxylic acids is 1. The van der Waals surface area contributed by atoms with Crippen molar-refractivity contribution in [1.82, 2.24) is 5.32 Å². The third kappa shape index (κ3) is 2.70. The Morgan fingerprint density at radius 1 is 1.45 bits per heavy atom. The molecule has 1 aromatic carbocycles. The largest absolute Gasteiger partial charge is 0.493 e. The van der Waals surface area contributed by atoms with Gasteiger partial charge in [-0.3, -0.25) is 4.79 Å². The van der Waals surface area contributed by atoms with Gasteiger partial charge in [0, 0.05) is 24.6 Å². The van der Waals surface area contributed by atoms with Gasteiger partial charge in [-0.25, -0.2) is 0 Å². The van der Waals surface area contributed by atoms with Gasteiger partial charge < -0.3 is 15.2 Å². The molecule has 0 fully saturated rings. The molecule has 1 heterocycles. The Morgan fingerprint density at radius 2 is 2.35 bits per heavy atom. The van der Waals surface area contributed by atoms with E-state index in [0.29, 0.717) is 19.4 Å². The predicted molar refractivity (Wildman–Crippen MR) is 75.8 cm³/mol. The molecule has 3 rings (SSSR count). The fourth-order valence-corrected chi connectivity index (χ4v) is 2.91. The summed E-state index contributed by atoms with van der Waals surface area (Å²) in [6, 6.07) is 6.36. The van der Waals surface area contributed by atoms with Crippen molar-refractivity contribution in [2.75, 3.05) is 6.61 Å². The highest BCUT2D eigenvalue weighted by Gasteiger charge is 2.23. The summed E-state index contributed by atoms with van der Waals surface area (Å²) in [5, 5.41) is 12.5. The summed E-state index contributed by atoms with van der Waals surface area (Å²) in [7, 11) is 0. The third-order valence-electron chi connectivity index (χ3n) is 4.03. The first kappa shape index (κ1) is 13.2. The Labute approximate surface area is 118 Å². The molecule has 0 amide bonds. The van der Waals surface area contributed by atoms with E-state index in [1.807, 2.05) is 6.08 Å². The molecule has 2 atom stereocenters. The van der Waals surface area contributed by atoms with Crippen molar-refractivity contribution < 1.29 is 14.6 Å². The van der Waals surface area contributed by atoms with Crippen molar-refractivity contribution in [2.24, 2.45) is 5.92 Å². The van der Waals surface area contributed by atoms with Crippen LogP contribution in [0.15, 0.2) is 30.4 Å². The molecule has 0 bridgehead atoms. The number of carboxylic acid groups (broad SMARTS) is 1. The molecular weight excluding hydrogens is 254 g/mol. The molecule has 0 aromatic heterocycles. The average Bonchev–Trinajstić information content (AvgIpc) is 2.94. The highest BCUT2D eigenvalue weighted by atomic mass is 16.5. The fourth-order valence-electron chi connectivity index (χ4n) is 2.91. The van der Waals surface area contributed by atoms with Gasteiger partial charge in [-0.15, -0.1) is 0 Å². The first-order valence-electron chi connectivity index (χ1n) is 7.10. The maximum absolute atomic E-state index is 11.0. The predicted octanol–water partition coefficient (Wildman–Crippen LogP) is 2.13. The van der Waals surface area contributed by atoms with E-state index in [2.05, 4.69) is 29.6 Å². The highest BCUT2D eigenvalue weighted by molar-refractivity contribution is 5.70. The second-order valence-electron chi connectivity index (χ2n) is 5.43. The minimum absolute atomic E-state index is 0.127. The number of rotatable bonds is 4. The number of carbonyl (C=O) groups is 1. The Morgan fingerprint density at radius 3 is 3.20 bits per heavy atom. The van der Waals surface area contributed by atoms with E-state index in [9.17, 15) is 4.79 Å². The van der Waals surface area contributed by atoms with Gasteiger partial charge in [0.15, 0.2) is 0 Å². The van der Waals surface area contributed by atoms with E-state index in [1.165, 1.54) is 5.56 Å². The quantitative estimate of drug-likeness (QED) is 0.825. The number of nitrogens with one attached hydrogen (secondary N) is 1. The highest BCUT2D eigenvalue weighted by Crippen LogP contribution is 2.29. The van der Waals surface area contributed by atoms with Crippen LogP contribution in [0, 0.1) is 5.92 Å². The molecule has 4 heteroatoms. The molecule has 2 aliphatic rings. The number of hydrogen-bond acceptors (Lipinski definition) is 3. The van der Waals surface area contributed by atoms with Crippen LogP contribution in [0.3, 0.4) is 0 Å². The van der Waals surface area contributed by atoms with E-state index in [4.69, 9.17) is 9.84 Å². The Balaban J connectivity index is 1.63. The molecule has 0 radical (unpaired) electrons. The second kappa shape index (κ2) is 5.67. The molecule has 4 nitrogen and oxygen atoms in total. The van der Waals surface area contributed by atoms with Gasteiger partial charge in [0.05, 0.1) is 12.5 Å². The Hall–Kier alpha value is -1.81. The van der Waals surface area contributed by atoms with E-state index in [-0.39, 0.29) is 12.0 Å². The smallest absolute Gasteiger partial charge is 0.306 e. The molecular formula is C16H19NO3.